The maximum absolute atomic E-state index is 13.5. The van der Waals surface area contributed by atoms with Gasteiger partial charge in [0, 0.05) is 30.2 Å². The van der Waals surface area contributed by atoms with Gasteiger partial charge in [-0.25, -0.2) is 13.2 Å². The molecule has 3 aromatic carbocycles. The van der Waals surface area contributed by atoms with Crippen molar-refractivity contribution in [3.8, 4) is 0 Å². The van der Waals surface area contributed by atoms with Crippen molar-refractivity contribution in [1.29, 1.82) is 0 Å². The fourth-order valence-electron chi connectivity index (χ4n) is 4.00. The van der Waals surface area contributed by atoms with E-state index >= 15 is 0 Å². The van der Waals surface area contributed by atoms with Crippen LogP contribution >= 0.6 is 0 Å². The van der Waals surface area contributed by atoms with Gasteiger partial charge in [-0.15, -0.1) is 0 Å². The van der Waals surface area contributed by atoms with Crippen molar-refractivity contribution in [2.45, 2.75) is 13.0 Å². The van der Waals surface area contributed by atoms with Crippen molar-refractivity contribution in [2.24, 2.45) is 0 Å². The Morgan fingerprint density at radius 2 is 1.40 bits per heavy atom. The van der Waals surface area contributed by atoms with Crippen molar-refractivity contribution in [3.63, 3.8) is 0 Å². The number of aryl methyl sites for hydroxylation is 1. The number of rotatable bonds is 6. The van der Waals surface area contributed by atoms with Crippen LogP contribution < -0.4 is 16.0 Å². The fourth-order valence-corrected chi connectivity index (χ4v) is 5.23. The van der Waals surface area contributed by atoms with Gasteiger partial charge >= 0.3 is 6.03 Å². The second-order valence-corrected chi connectivity index (χ2v) is 10.8. The Hall–Kier alpha value is -3.69. The lowest BCUT2D eigenvalue weighted by molar-refractivity contribution is -0.121. The minimum atomic E-state index is -3.08. The van der Waals surface area contributed by atoms with Gasteiger partial charge in [0.15, 0.2) is 9.84 Å². The molecule has 0 bridgehead atoms. The average Bonchev–Trinajstić information content (AvgIpc) is 2.84. The summed E-state index contributed by atoms with van der Waals surface area (Å²) >= 11 is 0. The third-order valence-electron chi connectivity index (χ3n) is 5.89. The molecular formula is C26H28N4O4S. The number of hydrogen-bond donors (Lipinski definition) is 3. The molecule has 3 N–H and O–H groups in total. The minimum absolute atomic E-state index is 0.0264. The monoisotopic (exact) mass is 492 g/mol. The molecule has 0 saturated carbocycles. The van der Waals surface area contributed by atoms with E-state index in [2.05, 4.69) is 16.0 Å². The van der Waals surface area contributed by atoms with Gasteiger partial charge in [0.2, 0.25) is 5.91 Å². The molecule has 0 spiro atoms. The number of amides is 3. The van der Waals surface area contributed by atoms with E-state index in [1.54, 1.807) is 24.3 Å². The summed E-state index contributed by atoms with van der Waals surface area (Å²) in [4.78, 5) is 27.8. The number of anilines is 3. The van der Waals surface area contributed by atoms with Crippen molar-refractivity contribution in [2.75, 3.05) is 40.5 Å². The molecule has 3 amide bonds. The summed E-state index contributed by atoms with van der Waals surface area (Å²) in [7, 11) is -3.08. The van der Waals surface area contributed by atoms with E-state index < -0.39 is 21.9 Å². The third-order valence-corrected chi connectivity index (χ3v) is 7.50. The number of urea groups is 1. The maximum Gasteiger partial charge on any atom is 0.323 e. The molecule has 1 heterocycles. The van der Waals surface area contributed by atoms with Gasteiger partial charge in [-0.05, 0) is 42.3 Å². The van der Waals surface area contributed by atoms with Crippen LogP contribution in [-0.2, 0) is 14.6 Å². The average molecular weight is 493 g/mol. The molecule has 9 heteroatoms. The lowest BCUT2D eigenvalue weighted by atomic mass is 10.0. The topological polar surface area (TPSA) is 108 Å². The fraction of sp³-hybridized carbons (Fsp3) is 0.231. The molecule has 4 rings (SSSR count). The minimum Gasteiger partial charge on any atom is -0.324 e. The zero-order valence-electron chi connectivity index (χ0n) is 19.4. The van der Waals surface area contributed by atoms with Gasteiger partial charge in [-0.3, -0.25) is 9.69 Å². The van der Waals surface area contributed by atoms with E-state index in [1.807, 2.05) is 66.4 Å². The molecule has 1 saturated heterocycles. The SMILES string of the molecule is Cc1ccc(NC(=O)Nc2ccccc2)cc1NC(=O)C(c1ccccc1)N1CCS(=O)(=O)CC1. The number of para-hydroxylation sites is 1. The van der Waals surface area contributed by atoms with Gasteiger partial charge in [-0.2, -0.15) is 0 Å². The summed E-state index contributed by atoms with van der Waals surface area (Å²) in [5.74, 6) is -0.207. The Kier molecular flexibility index (Phi) is 7.48. The summed E-state index contributed by atoms with van der Waals surface area (Å²) in [5, 5.41) is 8.54. The number of nitrogens with one attached hydrogen (secondary N) is 3. The first-order valence-electron chi connectivity index (χ1n) is 11.3. The second-order valence-electron chi connectivity index (χ2n) is 8.47. The maximum atomic E-state index is 13.5. The Balaban J connectivity index is 1.51. The lowest BCUT2D eigenvalue weighted by Gasteiger charge is -2.33. The highest BCUT2D eigenvalue weighted by atomic mass is 32.2. The molecule has 1 aliphatic heterocycles. The van der Waals surface area contributed by atoms with E-state index in [0.717, 1.165) is 11.1 Å². The Labute approximate surface area is 205 Å². The predicted octanol–water partition coefficient (Wildman–Crippen LogP) is 4.05. The Morgan fingerprint density at radius 1 is 0.800 bits per heavy atom. The number of benzene rings is 3. The Bertz CT molecular complexity index is 1280. The molecule has 1 unspecified atom stereocenters. The molecule has 182 valence electrons. The predicted molar refractivity (Wildman–Crippen MR) is 138 cm³/mol. The Morgan fingerprint density at radius 3 is 2.06 bits per heavy atom. The number of nitrogens with zero attached hydrogens (tertiary/aromatic N) is 1. The zero-order valence-corrected chi connectivity index (χ0v) is 20.2. The third kappa shape index (κ3) is 6.46. The first-order chi connectivity index (χ1) is 16.8. The molecule has 3 aromatic rings. The van der Waals surface area contributed by atoms with Crippen LogP contribution in [0.2, 0.25) is 0 Å². The zero-order chi connectivity index (χ0) is 24.8. The van der Waals surface area contributed by atoms with Gasteiger partial charge in [0.1, 0.15) is 6.04 Å². The van der Waals surface area contributed by atoms with E-state index in [4.69, 9.17) is 0 Å². The van der Waals surface area contributed by atoms with Crippen molar-refractivity contribution < 1.29 is 18.0 Å². The second kappa shape index (κ2) is 10.7. The van der Waals surface area contributed by atoms with Crippen LogP contribution in [0.15, 0.2) is 78.9 Å². The first-order valence-corrected chi connectivity index (χ1v) is 13.2. The van der Waals surface area contributed by atoms with Crippen LogP contribution in [0.1, 0.15) is 17.2 Å². The summed E-state index contributed by atoms with van der Waals surface area (Å²) in [6, 6.07) is 22.7. The quantitative estimate of drug-likeness (QED) is 0.481. The van der Waals surface area contributed by atoms with Crippen LogP contribution in [0.25, 0.3) is 0 Å². The molecule has 0 aromatic heterocycles. The highest BCUT2D eigenvalue weighted by molar-refractivity contribution is 7.91. The molecule has 1 atom stereocenters. The molecule has 35 heavy (non-hydrogen) atoms. The largest absolute Gasteiger partial charge is 0.324 e. The summed E-state index contributed by atoms with van der Waals surface area (Å²) in [6.45, 7) is 2.44. The molecule has 1 aliphatic rings. The van der Waals surface area contributed by atoms with Crippen LogP contribution in [0, 0.1) is 6.92 Å². The summed E-state index contributed by atoms with van der Waals surface area (Å²) in [6.07, 6.45) is 0. The highest BCUT2D eigenvalue weighted by Gasteiger charge is 2.32. The van der Waals surface area contributed by atoms with E-state index in [1.165, 1.54) is 0 Å². The van der Waals surface area contributed by atoms with Crippen LogP contribution in [0.4, 0.5) is 21.9 Å². The van der Waals surface area contributed by atoms with Gasteiger partial charge in [0.05, 0.1) is 11.5 Å². The van der Waals surface area contributed by atoms with Crippen molar-refractivity contribution in [3.05, 3.63) is 90.0 Å². The molecular weight excluding hydrogens is 464 g/mol. The summed E-state index contributed by atoms with van der Waals surface area (Å²) in [5.41, 5.74) is 3.39. The van der Waals surface area contributed by atoms with E-state index in [9.17, 15) is 18.0 Å². The number of carbonyl (C=O) groups excluding carboxylic acids is 2. The normalized spacial score (nSPS) is 16.1. The molecule has 8 nitrogen and oxygen atoms in total. The number of carbonyl (C=O) groups is 2. The van der Waals surface area contributed by atoms with Crippen LogP contribution in [0.3, 0.4) is 0 Å². The molecule has 1 fully saturated rings. The highest BCUT2D eigenvalue weighted by Crippen LogP contribution is 2.27. The standard InChI is InChI=1S/C26H28N4O4S/c1-19-12-13-22(28-26(32)27-21-10-6-3-7-11-21)18-23(19)29-25(31)24(20-8-4-2-5-9-20)30-14-16-35(33,34)17-15-30/h2-13,18,24H,14-17H2,1H3,(H,29,31)(H2,27,28,32). The van der Waals surface area contributed by atoms with E-state index in [-0.39, 0.29) is 30.5 Å². The number of hydrogen-bond acceptors (Lipinski definition) is 5. The smallest absolute Gasteiger partial charge is 0.323 e. The van der Waals surface area contributed by atoms with Crippen LogP contribution in [-0.4, -0.2) is 49.9 Å². The van der Waals surface area contributed by atoms with Crippen molar-refractivity contribution >= 4 is 38.8 Å². The van der Waals surface area contributed by atoms with Gasteiger partial charge in [-0.1, -0.05) is 54.6 Å². The van der Waals surface area contributed by atoms with Gasteiger partial charge in [0.25, 0.3) is 0 Å². The lowest BCUT2D eigenvalue weighted by Crippen LogP contribution is -2.46. The number of sulfone groups is 1. The van der Waals surface area contributed by atoms with Gasteiger partial charge < -0.3 is 16.0 Å². The molecule has 0 radical (unpaired) electrons. The molecule has 0 aliphatic carbocycles. The van der Waals surface area contributed by atoms with Crippen LogP contribution in [0.5, 0.6) is 0 Å². The summed E-state index contributed by atoms with van der Waals surface area (Å²) < 4.78 is 23.9. The first kappa shape index (κ1) is 24.4. The van der Waals surface area contributed by atoms with E-state index in [0.29, 0.717) is 17.1 Å². The van der Waals surface area contributed by atoms with Crippen molar-refractivity contribution in [1.82, 2.24) is 4.90 Å².